The summed E-state index contributed by atoms with van der Waals surface area (Å²) < 4.78 is 10.4. The summed E-state index contributed by atoms with van der Waals surface area (Å²) in [6, 6.07) is 7.07. The van der Waals surface area contributed by atoms with E-state index in [1.54, 1.807) is 52.0 Å². The molecule has 1 aliphatic heterocycles. The Morgan fingerprint density at radius 1 is 1.14 bits per heavy atom. The van der Waals surface area contributed by atoms with E-state index < -0.39 is 54.0 Å². The molecule has 2 N–H and O–H groups in total. The fourth-order valence-corrected chi connectivity index (χ4v) is 3.45. The molecule has 1 saturated heterocycles. The molecular weight excluding hydrogens is 454 g/mol. The first-order valence-electron chi connectivity index (χ1n) is 11.7. The van der Waals surface area contributed by atoms with Gasteiger partial charge in [-0.25, -0.2) is 4.79 Å². The fraction of sp³-hybridized carbons (Fsp3) is 0.560. The number of piperidine rings is 1. The zero-order valence-corrected chi connectivity index (χ0v) is 21.0. The summed E-state index contributed by atoms with van der Waals surface area (Å²) in [6.45, 7) is 8.27. The molecule has 0 radical (unpaired) electrons. The molecule has 1 aromatic carbocycles. The first kappa shape index (κ1) is 27.8. The lowest BCUT2D eigenvalue weighted by Crippen LogP contribution is -2.59. The van der Waals surface area contributed by atoms with Crippen LogP contribution < -0.4 is 10.6 Å². The van der Waals surface area contributed by atoms with Gasteiger partial charge in [-0.1, -0.05) is 50.6 Å². The minimum Gasteiger partial charge on any atom is -0.459 e. The van der Waals surface area contributed by atoms with Crippen molar-refractivity contribution in [1.29, 1.82) is 0 Å². The van der Waals surface area contributed by atoms with Crippen molar-refractivity contribution in [2.75, 3.05) is 6.54 Å². The number of carbonyl (C=O) groups excluding carboxylic acids is 5. The molecule has 0 spiro atoms. The minimum absolute atomic E-state index is 0.0168. The zero-order chi connectivity index (χ0) is 26.2. The van der Waals surface area contributed by atoms with Crippen LogP contribution in [0.25, 0.3) is 0 Å². The first-order chi connectivity index (χ1) is 16.4. The van der Waals surface area contributed by atoms with E-state index in [9.17, 15) is 24.0 Å². The van der Waals surface area contributed by atoms with Crippen molar-refractivity contribution in [2.24, 2.45) is 5.92 Å². The standard InChI is InChI=1S/C25H35N3O7/c1-6-16(2)21(27-24(33)35-25(3,4)5)22(31)26-18-12-13-19(29)28(23(18)32)14-20(30)34-15-17-10-8-7-9-11-17/h7-11,16,18,21H,6,12-15H2,1-5H3,(H,26,31)(H,27,33)/t16-,18-,21-/m0/s1. The molecule has 1 fully saturated rings. The van der Waals surface area contributed by atoms with E-state index in [0.29, 0.717) is 6.42 Å². The van der Waals surface area contributed by atoms with Gasteiger partial charge in [-0.3, -0.25) is 24.1 Å². The molecule has 0 aliphatic carbocycles. The number of hydrogen-bond donors (Lipinski definition) is 2. The third-order valence-corrected chi connectivity index (χ3v) is 5.53. The lowest BCUT2D eigenvalue weighted by atomic mass is 9.97. The number of esters is 1. The molecule has 1 aliphatic rings. The van der Waals surface area contributed by atoms with Crippen LogP contribution in [-0.4, -0.2) is 58.9 Å². The van der Waals surface area contributed by atoms with Crippen molar-refractivity contribution < 1.29 is 33.4 Å². The molecule has 1 aromatic rings. The lowest BCUT2D eigenvalue weighted by molar-refractivity contribution is -0.159. The fourth-order valence-electron chi connectivity index (χ4n) is 3.45. The number of rotatable bonds is 9. The van der Waals surface area contributed by atoms with Crippen LogP contribution in [0.1, 0.15) is 59.4 Å². The van der Waals surface area contributed by atoms with Crippen LogP contribution in [0.2, 0.25) is 0 Å². The van der Waals surface area contributed by atoms with Crippen LogP contribution >= 0.6 is 0 Å². The molecule has 4 amide bonds. The Bertz CT molecular complexity index is 927. The van der Waals surface area contributed by atoms with Crippen LogP contribution in [0, 0.1) is 5.92 Å². The normalized spacial score (nSPS) is 17.9. The topological polar surface area (TPSA) is 131 Å². The quantitative estimate of drug-likeness (QED) is 0.402. The Labute approximate surface area is 205 Å². The highest BCUT2D eigenvalue weighted by Crippen LogP contribution is 2.16. The first-order valence-corrected chi connectivity index (χ1v) is 11.7. The van der Waals surface area contributed by atoms with Crippen LogP contribution in [0.3, 0.4) is 0 Å². The third kappa shape index (κ3) is 8.70. The average Bonchev–Trinajstić information content (AvgIpc) is 2.79. The maximum Gasteiger partial charge on any atom is 0.408 e. The maximum absolute atomic E-state index is 13.0. The predicted octanol–water partition coefficient (Wildman–Crippen LogP) is 2.30. The largest absolute Gasteiger partial charge is 0.459 e. The monoisotopic (exact) mass is 489 g/mol. The number of nitrogens with zero attached hydrogens (tertiary/aromatic N) is 1. The summed E-state index contributed by atoms with van der Waals surface area (Å²) in [5, 5.41) is 5.20. The highest BCUT2D eigenvalue weighted by molar-refractivity contribution is 6.04. The Morgan fingerprint density at radius 3 is 2.40 bits per heavy atom. The van der Waals surface area contributed by atoms with Gasteiger partial charge in [0.25, 0.3) is 5.91 Å². The second kappa shape index (κ2) is 12.3. The van der Waals surface area contributed by atoms with Gasteiger partial charge < -0.3 is 20.1 Å². The number of amides is 4. The van der Waals surface area contributed by atoms with Gasteiger partial charge in [0.1, 0.15) is 30.8 Å². The van der Waals surface area contributed by atoms with Gasteiger partial charge in [0.2, 0.25) is 11.8 Å². The second-order valence-corrected chi connectivity index (χ2v) is 9.57. The van der Waals surface area contributed by atoms with Crippen molar-refractivity contribution in [3.8, 4) is 0 Å². The van der Waals surface area contributed by atoms with E-state index in [2.05, 4.69) is 10.6 Å². The summed E-state index contributed by atoms with van der Waals surface area (Å²) in [7, 11) is 0. The van der Waals surface area contributed by atoms with Gasteiger partial charge in [-0.15, -0.1) is 0 Å². The molecule has 1 heterocycles. The van der Waals surface area contributed by atoms with Crippen LogP contribution in [-0.2, 0) is 35.3 Å². The van der Waals surface area contributed by atoms with Gasteiger partial charge in [-0.05, 0) is 38.7 Å². The van der Waals surface area contributed by atoms with Crippen LogP contribution in [0.15, 0.2) is 30.3 Å². The molecule has 0 saturated carbocycles. The number of benzene rings is 1. The smallest absolute Gasteiger partial charge is 0.408 e. The van der Waals surface area contributed by atoms with E-state index >= 15 is 0 Å². The maximum atomic E-state index is 13.0. The highest BCUT2D eigenvalue weighted by atomic mass is 16.6. The highest BCUT2D eigenvalue weighted by Gasteiger charge is 2.38. The summed E-state index contributed by atoms with van der Waals surface area (Å²) in [4.78, 5) is 63.6. The molecule has 192 valence electrons. The Balaban J connectivity index is 2.00. The van der Waals surface area contributed by atoms with E-state index in [1.807, 2.05) is 13.0 Å². The van der Waals surface area contributed by atoms with Crippen LogP contribution in [0.4, 0.5) is 4.79 Å². The van der Waals surface area contributed by atoms with Crippen molar-refractivity contribution in [2.45, 2.75) is 78.2 Å². The predicted molar refractivity (Wildman–Crippen MR) is 127 cm³/mol. The van der Waals surface area contributed by atoms with Crippen molar-refractivity contribution >= 4 is 29.8 Å². The third-order valence-electron chi connectivity index (χ3n) is 5.53. The van der Waals surface area contributed by atoms with Crippen molar-refractivity contribution in [1.82, 2.24) is 15.5 Å². The zero-order valence-electron chi connectivity index (χ0n) is 21.0. The van der Waals surface area contributed by atoms with Gasteiger partial charge in [-0.2, -0.15) is 0 Å². The van der Waals surface area contributed by atoms with E-state index in [4.69, 9.17) is 9.47 Å². The number of hydrogen-bond acceptors (Lipinski definition) is 7. The molecule has 0 aromatic heterocycles. The molecule has 10 heteroatoms. The lowest BCUT2D eigenvalue weighted by Gasteiger charge is -2.32. The van der Waals surface area contributed by atoms with Crippen molar-refractivity contribution in [3.05, 3.63) is 35.9 Å². The average molecular weight is 490 g/mol. The number of alkyl carbamates (subject to hydrolysis) is 1. The van der Waals surface area contributed by atoms with Crippen LogP contribution in [0.5, 0.6) is 0 Å². The summed E-state index contributed by atoms with van der Waals surface area (Å²) >= 11 is 0. The molecule has 0 bridgehead atoms. The number of ether oxygens (including phenoxy) is 2. The molecule has 0 unspecified atom stereocenters. The Kier molecular flexibility index (Phi) is 9.79. The van der Waals surface area contributed by atoms with Gasteiger partial charge in [0.05, 0.1) is 0 Å². The van der Waals surface area contributed by atoms with Crippen molar-refractivity contribution in [3.63, 3.8) is 0 Å². The second-order valence-electron chi connectivity index (χ2n) is 9.57. The molecule has 10 nitrogen and oxygen atoms in total. The number of carbonyl (C=O) groups is 5. The van der Waals surface area contributed by atoms with E-state index in [-0.39, 0.29) is 25.4 Å². The minimum atomic E-state index is -1.01. The molecule has 35 heavy (non-hydrogen) atoms. The van der Waals surface area contributed by atoms with Gasteiger partial charge in [0.15, 0.2) is 0 Å². The summed E-state index contributed by atoms with van der Waals surface area (Å²) in [5.41, 5.74) is 0.0337. The summed E-state index contributed by atoms with van der Waals surface area (Å²) in [6.07, 6.45) is -0.0787. The number of likely N-dealkylation sites (tertiary alicyclic amines) is 1. The Hall–Kier alpha value is -3.43. The van der Waals surface area contributed by atoms with Gasteiger partial charge in [0, 0.05) is 6.42 Å². The number of imide groups is 1. The SMILES string of the molecule is CC[C@H](C)[C@H](NC(=O)OC(C)(C)C)C(=O)N[C@H]1CCC(=O)N(CC(=O)OCc2ccccc2)C1=O. The number of nitrogens with one attached hydrogen (secondary N) is 2. The van der Waals surface area contributed by atoms with E-state index in [0.717, 1.165) is 10.5 Å². The molecular formula is C25H35N3O7. The summed E-state index contributed by atoms with van der Waals surface area (Å²) in [5.74, 6) is -2.74. The van der Waals surface area contributed by atoms with Gasteiger partial charge >= 0.3 is 12.1 Å². The Morgan fingerprint density at radius 2 is 1.80 bits per heavy atom. The van der Waals surface area contributed by atoms with E-state index in [1.165, 1.54) is 0 Å². The molecule has 3 atom stereocenters. The molecule has 2 rings (SSSR count).